The Morgan fingerprint density at radius 2 is 2.00 bits per heavy atom. The summed E-state index contributed by atoms with van der Waals surface area (Å²) in [5, 5.41) is 0.809. The highest BCUT2D eigenvalue weighted by Gasteiger charge is 2.31. The number of benzene rings is 1. The number of hydrogen-bond acceptors (Lipinski definition) is 3. The first-order chi connectivity index (χ1) is 10.2. The van der Waals surface area contributed by atoms with Crippen molar-refractivity contribution in [1.82, 2.24) is 4.90 Å². The maximum absolute atomic E-state index is 12.3. The highest BCUT2D eigenvalue weighted by Crippen LogP contribution is 2.31. The van der Waals surface area contributed by atoms with Crippen molar-refractivity contribution in [2.24, 2.45) is 4.99 Å². The van der Waals surface area contributed by atoms with Gasteiger partial charge in [-0.1, -0.05) is 36.4 Å². The van der Waals surface area contributed by atoms with Gasteiger partial charge in [-0.2, -0.15) is 0 Å². The van der Waals surface area contributed by atoms with E-state index in [2.05, 4.69) is 11.1 Å². The lowest BCUT2D eigenvalue weighted by molar-refractivity contribution is -0.122. The summed E-state index contributed by atoms with van der Waals surface area (Å²) in [4.78, 5) is 19.2. The van der Waals surface area contributed by atoms with E-state index in [1.54, 1.807) is 4.90 Å². The van der Waals surface area contributed by atoms with E-state index in [1.165, 1.54) is 11.8 Å². The molecule has 0 saturated carbocycles. The number of amidine groups is 1. The minimum atomic E-state index is 0.0514. The molecular weight excluding hydrogens is 280 g/mol. The van der Waals surface area contributed by atoms with Crippen LogP contribution in [0.4, 0.5) is 0 Å². The second-order valence-electron chi connectivity index (χ2n) is 4.72. The Labute approximate surface area is 130 Å². The van der Waals surface area contributed by atoms with Crippen LogP contribution in [0.3, 0.4) is 0 Å². The van der Waals surface area contributed by atoms with Crippen molar-refractivity contribution < 1.29 is 4.79 Å². The summed E-state index contributed by atoms with van der Waals surface area (Å²) in [7, 11) is 0. The predicted molar refractivity (Wildman–Crippen MR) is 91.1 cm³/mol. The first-order valence-corrected chi connectivity index (χ1v) is 7.96. The molecule has 1 aromatic rings. The molecule has 4 heteroatoms. The summed E-state index contributed by atoms with van der Waals surface area (Å²) < 4.78 is 0. The molecule has 0 aromatic heterocycles. The molecule has 3 nitrogen and oxygen atoms in total. The second kappa shape index (κ2) is 7.27. The fourth-order valence-electron chi connectivity index (χ4n) is 2.10. The van der Waals surface area contributed by atoms with Crippen molar-refractivity contribution in [3.05, 3.63) is 52.4 Å². The maximum atomic E-state index is 12.3. The highest BCUT2D eigenvalue weighted by molar-refractivity contribution is 8.18. The zero-order valence-corrected chi connectivity index (χ0v) is 13.5. The van der Waals surface area contributed by atoms with E-state index in [1.807, 2.05) is 57.2 Å². The van der Waals surface area contributed by atoms with Gasteiger partial charge >= 0.3 is 0 Å². The summed E-state index contributed by atoms with van der Waals surface area (Å²) in [6.07, 6.45) is 4.02. The number of nitrogens with zero attached hydrogens (tertiary/aromatic N) is 2. The number of carbonyl (C=O) groups is 1. The number of thioether (sulfide) groups is 1. The summed E-state index contributed by atoms with van der Waals surface area (Å²) in [6, 6.07) is 10.1. The molecule has 110 valence electrons. The standard InChI is InChI=1S/C17H20N2OS/c1-4-18-17-19(5-2)16(20)15(21-17)12-13(3)11-14-9-7-6-8-10-14/h6-12H,4-5H2,1-3H3. The van der Waals surface area contributed by atoms with Crippen molar-refractivity contribution >= 4 is 28.9 Å². The number of aliphatic imine (C=N–C) groups is 1. The average molecular weight is 300 g/mol. The zero-order chi connectivity index (χ0) is 15.2. The molecule has 0 radical (unpaired) electrons. The normalized spacial score (nSPS) is 19.9. The number of hydrogen-bond donors (Lipinski definition) is 0. The Hall–Kier alpha value is -1.81. The predicted octanol–water partition coefficient (Wildman–Crippen LogP) is 3.95. The van der Waals surface area contributed by atoms with Crippen LogP contribution in [0.2, 0.25) is 0 Å². The number of allylic oxidation sites excluding steroid dienone is 2. The Kier molecular flexibility index (Phi) is 5.39. The van der Waals surface area contributed by atoms with Gasteiger partial charge in [-0.25, -0.2) is 0 Å². The summed E-state index contributed by atoms with van der Waals surface area (Å²) in [6.45, 7) is 7.31. The quantitative estimate of drug-likeness (QED) is 0.789. The SMILES string of the molecule is CCN=C1SC(=CC(C)=Cc2ccccc2)C(=O)N1CC. The van der Waals surface area contributed by atoms with Crippen molar-refractivity contribution in [2.45, 2.75) is 20.8 Å². The van der Waals surface area contributed by atoms with E-state index in [-0.39, 0.29) is 5.91 Å². The Bertz CT molecular complexity index is 602. The molecule has 1 fully saturated rings. The number of carbonyl (C=O) groups excluding carboxylic acids is 1. The molecule has 1 amide bonds. The van der Waals surface area contributed by atoms with E-state index in [9.17, 15) is 4.79 Å². The minimum Gasteiger partial charge on any atom is -0.287 e. The van der Waals surface area contributed by atoms with Crippen LogP contribution >= 0.6 is 11.8 Å². The van der Waals surface area contributed by atoms with Gasteiger partial charge < -0.3 is 0 Å². The van der Waals surface area contributed by atoms with Gasteiger partial charge in [0.25, 0.3) is 5.91 Å². The largest absolute Gasteiger partial charge is 0.287 e. The van der Waals surface area contributed by atoms with E-state index < -0.39 is 0 Å². The number of likely N-dealkylation sites (N-methyl/N-ethyl adjacent to an activating group) is 1. The van der Waals surface area contributed by atoms with Crippen LogP contribution in [-0.2, 0) is 4.79 Å². The van der Waals surface area contributed by atoms with Crippen LogP contribution in [0, 0.1) is 0 Å². The average Bonchev–Trinajstić information content (AvgIpc) is 2.76. The van der Waals surface area contributed by atoms with Gasteiger partial charge in [0.2, 0.25) is 0 Å². The lowest BCUT2D eigenvalue weighted by Gasteiger charge is -2.11. The van der Waals surface area contributed by atoms with Gasteiger partial charge in [-0.05, 0) is 49.7 Å². The van der Waals surface area contributed by atoms with Crippen molar-refractivity contribution in [2.75, 3.05) is 13.1 Å². The fourth-order valence-corrected chi connectivity index (χ4v) is 3.26. The first kappa shape index (κ1) is 15.6. The summed E-state index contributed by atoms with van der Waals surface area (Å²) in [5.41, 5.74) is 2.20. The van der Waals surface area contributed by atoms with Crippen molar-refractivity contribution in [3.8, 4) is 0 Å². The van der Waals surface area contributed by atoms with Gasteiger partial charge in [-0.3, -0.25) is 14.7 Å². The highest BCUT2D eigenvalue weighted by atomic mass is 32.2. The van der Waals surface area contributed by atoms with Gasteiger partial charge in [0.1, 0.15) is 0 Å². The number of rotatable bonds is 4. The Balaban J connectivity index is 2.23. The first-order valence-electron chi connectivity index (χ1n) is 7.15. The molecule has 0 spiro atoms. The smallest absolute Gasteiger partial charge is 0.266 e. The molecule has 1 aromatic carbocycles. The Morgan fingerprint density at radius 3 is 2.62 bits per heavy atom. The van der Waals surface area contributed by atoms with Crippen LogP contribution in [0.25, 0.3) is 6.08 Å². The molecule has 0 atom stereocenters. The summed E-state index contributed by atoms with van der Waals surface area (Å²) in [5.74, 6) is 0.0514. The third-order valence-electron chi connectivity index (χ3n) is 3.05. The lowest BCUT2D eigenvalue weighted by Crippen LogP contribution is -2.28. The van der Waals surface area contributed by atoms with Crippen LogP contribution in [-0.4, -0.2) is 29.1 Å². The molecule has 0 N–H and O–H groups in total. The molecular formula is C17H20N2OS. The van der Waals surface area contributed by atoms with Gasteiger partial charge in [-0.15, -0.1) is 0 Å². The second-order valence-corrected chi connectivity index (χ2v) is 5.73. The van der Waals surface area contributed by atoms with Gasteiger partial charge in [0, 0.05) is 13.1 Å². The third kappa shape index (κ3) is 3.85. The molecule has 1 saturated heterocycles. The molecule has 1 aliphatic rings. The van der Waals surface area contributed by atoms with E-state index in [0.717, 1.165) is 21.2 Å². The molecule has 0 aliphatic carbocycles. The van der Waals surface area contributed by atoms with Crippen LogP contribution in [0.1, 0.15) is 26.3 Å². The molecule has 1 aliphatic heterocycles. The molecule has 21 heavy (non-hydrogen) atoms. The topological polar surface area (TPSA) is 32.7 Å². The fraction of sp³-hybridized carbons (Fsp3) is 0.294. The van der Waals surface area contributed by atoms with E-state index in [4.69, 9.17) is 0 Å². The monoisotopic (exact) mass is 300 g/mol. The maximum Gasteiger partial charge on any atom is 0.266 e. The van der Waals surface area contributed by atoms with E-state index >= 15 is 0 Å². The lowest BCUT2D eigenvalue weighted by atomic mass is 10.1. The van der Waals surface area contributed by atoms with E-state index in [0.29, 0.717) is 13.1 Å². The minimum absolute atomic E-state index is 0.0514. The third-order valence-corrected chi connectivity index (χ3v) is 4.09. The van der Waals surface area contributed by atoms with Crippen LogP contribution in [0.15, 0.2) is 51.9 Å². The number of amides is 1. The van der Waals surface area contributed by atoms with Crippen molar-refractivity contribution in [1.29, 1.82) is 0 Å². The molecule has 0 unspecified atom stereocenters. The zero-order valence-electron chi connectivity index (χ0n) is 12.7. The summed E-state index contributed by atoms with van der Waals surface area (Å²) >= 11 is 1.46. The molecule has 1 heterocycles. The van der Waals surface area contributed by atoms with Gasteiger partial charge in [0.15, 0.2) is 5.17 Å². The van der Waals surface area contributed by atoms with Crippen LogP contribution < -0.4 is 0 Å². The molecule has 0 bridgehead atoms. The molecule has 2 rings (SSSR count). The van der Waals surface area contributed by atoms with Crippen molar-refractivity contribution in [3.63, 3.8) is 0 Å². The van der Waals surface area contributed by atoms with Gasteiger partial charge in [0.05, 0.1) is 4.91 Å². The van der Waals surface area contributed by atoms with Crippen LogP contribution in [0.5, 0.6) is 0 Å². The Morgan fingerprint density at radius 1 is 1.29 bits per heavy atom.